The molecule has 1 atom stereocenters. The van der Waals surface area contributed by atoms with Gasteiger partial charge in [-0.05, 0) is 53.9 Å². The van der Waals surface area contributed by atoms with E-state index in [4.69, 9.17) is 10.00 Å². The first-order valence-corrected chi connectivity index (χ1v) is 8.58. The van der Waals surface area contributed by atoms with Gasteiger partial charge in [0, 0.05) is 25.0 Å². The van der Waals surface area contributed by atoms with Gasteiger partial charge in [0.15, 0.2) is 0 Å². The summed E-state index contributed by atoms with van der Waals surface area (Å²) in [6.45, 7) is 3.31. The van der Waals surface area contributed by atoms with Crippen molar-refractivity contribution in [3.63, 3.8) is 0 Å². The van der Waals surface area contributed by atoms with Crippen LogP contribution in [0, 0.1) is 11.3 Å². The highest BCUT2D eigenvalue weighted by Crippen LogP contribution is 2.17. The van der Waals surface area contributed by atoms with E-state index in [1.807, 2.05) is 48.7 Å². The van der Waals surface area contributed by atoms with Gasteiger partial charge in [-0.3, -0.25) is 4.98 Å². The van der Waals surface area contributed by atoms with Gasteiger partial charge in [-0.1, -0.05) is 30.3 Å². The van der Waals surface area contributed by atoms with E-state index in [-0.39, 0.29) is 18.4 Å². The first-order valence-electron chi connectivity index (χ1n) is 8.58. The van der Waals surface area contributed by atoms with E-state index in [0.29, 0.717) is 12.2 Å². The fourth-order valence-corrected chi connectivity index (χ4v) is 2.66. The van der Waals surface area contributed by atoms with Crippen LogP contribution in [0.15, 0.2) is 73.1 Å². The normalized spacial score (nSPS) is 11.1. The Kier molecular flexibility index (Phi) is 7.81. The Hall–Kier alpha value is -2.87. The Morgan fingerprint density at radius 3 is 2.67 bits per heavy atom. The van der Waals surface area contributed by atoms with E-state index < -0.39 is 0 Å². The Morgan fingerprint density at radius 2 is 1.89 bits per heavy atom. The number of nitriles is 1. The highest BCUT2D eigenvalue weighted by atomic mass is 35.5. The minimum Gasteiger partial charge on any atom is -0.489 e. The van der Waals surface area contributed by atoms with Crippen LogP contribution in [0.1, 0.15) is 35.2 Å². The molecule has 0 aliphatic rings. The minimum atomic E-state index is 0. The van der Waals surface area contributed by atoms with Crippen molar-refractivity contribution in [3.05, 3.63) is 95.3 Å². The van der Waals surface area contributed by atoms with Gasteiger partial charge in [-0.15, -0.1) is 12.4 Å². The molecule has 5 heteroatoms. The van der Waals surface area contributed by atoms with Crippen LogP contribution in [0.4, 0.5) is 0 Å². The molecule has 138 valence electrons. The number of nitrogens with zero attached hydrogens (tertiary/aromatic N) is 2. The average molecular weight is 380 g/mol. The Morgan fingerprint density at radius 1 is 1.07 bits per heavy atom. The molecule has 1 heterocycles. The topological polar surface area (TPSA) is 57.9 Å². The quantitative estimate of drug-likeness (QED) is 0.640. The van der Waals surface area contributed by atoms with Gasteiger partial charge in [-0.2, -0.15) is 5.26 Å². The molecular weight excluding hydrogens is 358 g/mol. The van der Waals surface area contributed by atoms with Crippen molar-refractivity contribution in [3.8, 4) is 11.8 Å². The number of hydrogen-bond donors (Lipinski definition) is 1. The number of nitrogens with one attached hydrogen (secondary N) is 1. The summed E-state index contributed by atoms with van der Waals surface area (Å²) in [7, 11) is 0. The standard InChI is InChI=1S/C22H21N3O.ClH/c1-17(21-8-4-10-24-15-21)25-14-19-6-3-9-22(12-19)26-16-20-7-2-5-18(11-20)13-23;/h2-12,15,17,25H,14,16H2,1H3;1H. The van der Waals surface area contributed by atoms with E-state index in [2.05, 4.69) is 35.4 Å². The molecule has 0 spiro atoms. The summed E-state index contributed by atoms with van der Waals surface area (Å²) in [5.41, 5.74) is 3.95. The molecule has 27 heavy (non-hydrogen) atoms. The lowest BCUT2D eigenvalue weighted by Gasteiger charge is -2.14. The van der Waals surface area contributed by atoms with Crippen LogP contribution in [-0.4, -0.2) is 4.98 Å². The second-order valence-corrected chi connectivity index (χ2v) is 6.14. The maximum absolute atomic E-state index is 8.97. The molecule has 0 radical (unpaired) electrons. The second-order valence-electron chi connectivity index (χ2n) is 6.14. The highest BCUT2D eigenvalue weighted by molar-refractivity contribution is 5.85. The zero-order valence-electron chi connectivity index (χ0n) is 15.1. The van der Waals surface area contributed by atoms with Gasteiger partial charge in [-0.25, -0.2) is 0 Å². The fourth-order valence-electron chi connectivity index (χ4n) is 2.66. The largest absolute Gasteiger partial charge is 0.489 e. The molecule has 0 bridgehead atoms. The van der Waals surface area contributed by atoms with Gasteiger partial charge in [0.25, 0.3) is 0 Å². The predicted octanol–water partition coefficient (Wildman–Crippen LogP) is 4.80. The van der Waals surface area contributed by atoms with Gasteiger partial charge in [0.2, 0.25) is 0 Å². The van der Waals surface area contributed by atoms with Crippen molar-refractivity contribution in [1.82, 2.24) is 10.3 Å². The minimum absolute atomic E-state index is 0. The van der Waals surface area contributed by atoms with E-state index in [1.165, 1.54) is 0 Å². The van der Waals surface area contributed by atoms with Gasteiger partial charge in [0.05, 0.1) is 11.6 Å². The summed E-state index contributed by atoms with van der Waals surface area (Å²) in [6.07, 6.45) is 3.66. The molecule has 0 amide bonds. The zero-order valence-corrected chi connectivity index (χ0v) is 15.9. The lowest BCUT2D eigenvalue weighted by atomic mass is 10.1. The third-order valence-corrected chi connectivity index (χ3v) is 4.16. The molecule has 0 aliphatic carbocycles. The fraction of sp³-hybridized carbons (Fsp3) is 0.182. The summed E-state index contributed by atoms with van der Waals surface area (Å²) in [5.74, 6) is 0.820. The van der Waals surface area contributed by atoms with E-state index in [9.17, 15) is 0 Å². The van der Waals surface area contributed by atoms with Gasteiger partial charge in [0.1, 0.15) is 12.4 Å². The molecule has 1 unspecified atom stereocenters. The third-order valence-electron chi connectivity index (χ3n) is 4.16. The number of benzene rings is 2. The molecule has 3 aromatic rings. The number of rotatable bonds is 7. The molecule has 4 nitrogen and oxygen atoms in total. The van der Waals surface area contributed by atoms with Gasteiger partial charge >= 0.3 is 0 Å². The van der Waals surface area contributed by atoms with Crippen LogP contribution < -0.4 is 10.1 Å². The van der Waals surface area contributed by atoms with Crippen molar-refractivity contribution in [2.75, 3.05) is 0 Å². The van der Waals surface area contributed by atoms with E-state index >= 15 is 0 Å². The van der Waals surface area contributed by atoms with Crippen molar-refractivity contribution in [1.29, 1.82) is 5.26 Å². The highest BCUT2D eigenvalue weighted by Gasteiger charge is 2.05. The first kappa shape index (κ1) is 20.4. The summed E-state index contributed by atoms with van der Waals surface area (Å²) >= 11 is 0. The summed E-state index contributed by atoms with van der Waals surface area (Å²) in [5, 5.41) is 12.5. The molecule has 0 saturated heterocycles. The Balaban J connectivity index is 0.00000261. The second kappa shape index (κ2) is 10.3. The lowest BCUT2D eigenvalue weighted by Crippen LogP contribution is -2.18. The molecule has 0 saturated carbocycles. The summed E-state index contributed by atoms with van der Waals surface area (Å²) in [4.78, 5) is 4.16. The predicted molar refractivity (Wildman–Crippen MR) is 109 cm³/mol. The van der Waals surface area contributed by atoms with Crippen LogP contribution in [-0.2, 0) is 13.2 Å². The van der Waals surface area contributed by atoms with Crippen LogP contribution in [0.3, 0.4) is 0 Å². The number of hydrogen-bond acceptors (Lipinski definition) is 4. The molecule has 2 aromatic carbocycles. The smallest absolute Gasteiger partial charge is 0.120 e. The lowest BCUT2D eigenvalue weighted by molar-refractivity contribution is 0.306. The number of halogens is 1. The van der Waals surface area contributed by atoms with Crippen molar-refractivity contribution in [2.45, 2.75) is 26.1 Å². The number of ether oxygens (including phenoxy) is 1. The first-order chi connectivity index (χ1) is 12.7. The van der Waals surface area contributed by atoms with Crippen LogP contribution in [0.5, 0.6) is 5.75 Å². The monoisotopic (exact) mass is 379 g/mol. The Labute approximate surface area is 166 Å². The maximum atomic E-state index is 8.97. The van der Waals surface area contributed by atoms with Crippen LogP contribution in [0.2, 0.25) is 0 Å². The number of pyridine rings is 1. The summed E-state index contributed by atoms with van der Waals surface area (Å²) < 4.78 is 5.88. The van der Waals surface area contributed by atoms with Crippen molar-refractivity contribution in [2.24, 2.45) is 0 Å². The Bertz CT molecular complexity index is 893. The van der Waals surface area contributed by atoms with E-state index in [1.54, 1.807) is 12.3 Å². The van der Waals surface area contributed by atoms with Gasteiger partial charge < -0.3 is 10.1 Å². The van der Waals surface area contributed by atoms with Crippen molar-refractivity contribution >= 4 is 12.4 Å². The molecule has 3 rings (SSSR count). The molecular formula is C22H22ClN3O. The molecule has 0 fully saturated rings. The maximum Gasteiger partial charge on any atom is 0.120 e. The zero-order chi connectivity index (χ0) is 18.2. The number of aromatic nitrogens is 1. The molecule has 1 aromatic heterocycles. The summed E-state index contributed by atoms with van der Waals surface area (Å²) in [6, 6.07) is 21.9. The van der Waals surface area contributed by atoms with Crippen molar-refractivity contribution < 1.29 is 4.74 Å². The van der Waals surface area contributed by atoms with E-state index in [0.717, 1.165) is 29.0 Å². The van der Waals surface area contributed by atoms with Crippen LogP contribution in [0.25, 0.3) is 0 Å². The SMILES string of the molecule is CC(NCc1cccc(OCc2cccc(C#N)c2)c1)c1cccnc1.Cl. The van der Waals surface area contributed by atoms with Crippen LogP contribution >= 0.6 is 12.4 Å². The molecule has 0 aliphatic heterocycles. The molecule has 1 N–H and O–H groups in total. The third kappa shape index (κ3) is 6.10. The average Bonchev–Trinajstić information content (AvgIpc) is 2.71.